The minimum atomic E-state index is -0.162. The average molecular weight is 345 g/mol. The van der Waals surface area contributed by atoms with Gasteiger partial charge in [0.15, 0.2) is 0 Å². The highest BCUT2D eigenvalue weighted by Gasteiger charge is 2.20. The SMILES string of the molecule is O=C(c1ccc(-n2ccnn2)cc1)N(Cc1ccco1)c1ccccn1. The number of furan rings is 1. The normalized spacial score (nSPS) is 10.6. The van der Waals surface area contributed by atoms with Gasteiger partial charge in [0.25, 0.3) is 5.91 Å². The van der Waals surface area contributed by atoms with Gasteiger partial charge in [0, 0.05) is 11.8 Å². The summed E-state index contributed by atoms with van der Waals surface area (Å²) in [6.07, 6.45) is 6.59. The Balaban J connectivity index is 1.63. The molecule has 4 rings (SSSR count). The van der Waals surface area contributed by atoms with Crippen LogP contribution in [0.1, 0.15) is 16.1 Å². The van der Waals surface area contributed by atoms with Gasteiger partial charge in [-0.15, -0.1) is 5.10 Å². The Morgan fingerprint density at radius 1 is 1.04 bits per heavy atom. The zero-order chi connectivity index (χ0) is 17.8. The molecule has 0 radical (unpaired) electrons. The average Bonchev–Trinajstić information content (AvgIpc) is 3.40. The molecule has 7 nitrogen and oxygen atoms in total. The van der Waals surface area contributed by atoms with Gasteiger partial charge in [0.05, 0.1) is 30.9 Å². The number of carbonyl (C=O) groups excluding carboxylic acids is 1. The lowest BCUT2D eigenvalue weighted by Gasteiger charge is -2.21. The third-order valence-electron chi connectivity index (χ3n) is 3.87. The summed E-state index contributed by atoms with van der Waals surface area (Å²) in [5.41, 5.74) is 1.38. The summed E-state index contributed by atoms with van der Waals surface area (Å²) in [4.78, 5) is 19.0. The minimum absolute atomic E-state index is 0.162. The zero-order valence-corrected chi connectivity index (χ0v) is 13.8. The first kappa shape index (κ1) is 15.8. The molecule has 3 aromatic heterocycles. The molecule has 0 spiro atoms. The molecular weight excluding hydrogens is 330 g/mol. The second-order valence-electron chi connectivity index (χ2n) is 5.55. The summed E-state index contributed by atoms with van der Waals surface area (Å²) in [5.74, 6) is 1.09. The number of nitrogens with zero attached hydrogens (tertiary/aromatic N) is 5. The van der Waals surface area contributed by atoms with E-state index < -0.39 is 0 Å². The van der Waals surface area contributed by atoms with E-state index in [0.29, 0.717) is 23.7 Å². The second kappa shape index (κ2) is 7.02. The van der Waals surface area contributed by atoms with E-state index in [1.807, 2.05) is 30.3 Å². The van der Waals surface area contributed by atoms with E-state index in [4.69, 9.17) is 4.42 Å². The maximum Gasteiger partial charge on any atom is 0.259 e. The van der Waals surface area contributed by atoms with Crippen LogP contribution in [0.2, 0.25) is 0 Å². The van der Waals surface area contributed by atoms with Gasteiger partial charge in [-0.25, -0.2) is 9.67 Å². The lowest BCUT2D eigenvalue weighted by Crippen LogP contribution is -2.31. The Labute approximate surface area is 149 Å². The van der Waals surface area contributed by atoms with Crippen molar-refractivity contribution in [3.05, 3.63) is 90.8 Å². The summed E-state index contributed by atoms with van der Waals surface area (Å²) >= 11 is 0. The van der Waals surface area contributed by atoms with Crippen molar-refractivity contribution in [1.82, 2.24) is 20.0 Å². The third kappa shape index (κ3) is 3.23. The van der Waals surface area contributed by atoms with Crippen LogP contribution in [0.25, 0.3) is 5.69 Å². The number of carbonyl (C=O) groups is 1. The molecule has 0 saturated carbocycles. The first-order chi connectivity index (χ1) is 12.8. The van der Waals surface area contributed by atoms with Crippen LogP contribution in [-0.2, 0) is 6.54 Å². The Morgan fingerprint density at radius 2 is 1.92 bits per heavy atom. The van der Waals surface area contributed by atoms with E-state index in [1.54, 1.807) is 58.7 Å². The van der Waals surface area contributed by atoms with Crippen LogP contribution in [0.3, 0.4) is 0 Å². The van der Waals surface area contributed by atoms with E-state index in [9.17, 15) is 4.79 Å². The smallest absolute Gasteiger partial charge is 0.259 e. The van der Waals surface area contributed by atoms with Crippen LogP contribution < -0.4 is 4.90 Å². The van der Waals surface area contributed by atoms with Crippen LogP contribution in [0, 0.1) is 0 Å². The monoisotopic (exact) mass is 345 g/mol. The predicted molar refractivity (Wildman–Crippen MR) is 94.8 cm³/mol. The van der Waals surface area contributed by atoms with Crippen molar-refractivity contribution in [2.45, 2.75) is 6.54 Å². The van der Waals surface area contributed by atoms with Gasteiger partial charge in [-0.3, -0.25) is 9.69 Å². The minimum Gasteiger partial charge on any atom is -0.467 e. The van der Waals surface area contributed by atoms with Crippen molar-refractivity contribution in [3.8, 4) is 5.69 Å². The number of hydrogen-bond donors (Lipinski definition) is 0. The number of pyridine rings is 1. The van der Waals surface area contributed by atoms with E-state index >= 15 is 0 Å². The van der Waals surface area contributed by atoms with Crippen LogP contribution in [0.5, 0.6) is 0 Å². The molecule has 1 aromatic carbocycles. The molecule has 0 bridgehead atoms. The van der Waals surface area contributed by atoms with Crippen molar-refractivity contribution in [2.24, 2.45) is 0 Å². The standard InChI is InChI=1S/C19H15N5O2/c25-19(15-6-8-16(9-7-15)24-12-11-21-22-24)23(14-17-4-3-13-26-17)18-5-1-2-10-20-18/h1-13H,14H2. The summed E-state index contributed by atoms with van der Waals surface area (Å²) in [6, 6.07) is 16.3. The fourth-order valence-corrected chi connectivity index (χ4v) is 2.59. The molecule has 4 aromatic rings. The van der Waals surface area contributed by atoms with Crippen LogP contribution in [0.15, 0.2) is 83.9 Å². The molecule has 0 aliphatic rings. The molecule has 0 atom stereocenters. The zero-order valence-electron chi connectivity index (χ0n) is 13.8. The van der Waals surface area contributed by atoms with E-state index in [1.165, 1.54) is 0 Å². The second-order valence-corrected chi connectivity index (χ2v) is 5.55. The van der Waals surface area contributed by atoms with Gasteiger partial charge in [0.2, 0.25) is 0 Å². The first-order valence-corrected chi connectivity index (χ1v) is 8.03. The van der Waals surface area contributed by atoms with Crippen molar-refractivity contribution >= 4 is 11.7 Å². The summed E-state index contributed by atoms with van der Waals surface area (Å²) in [5, 5.41) is 7.73. The van der Waals surface area contributed by atoms with Crippen molar-refractivity contribution in [1.29, 1.82) is 0 Å². The van der Waals surface area contributed by atoms with Crippen molar-refractivity contribution < 1.29 is 9.21 Å². The fraction of sp³-hybridized carbons (Fsp3) is 0.0526. The molecule has 1 amide bonds. The molecule has 0 saturated heterocycles. The molecule has 0 aliphatic carbocycles. The summed E-state index contributed by atoms with van der Waals surface area (Å²) < 4.78 is 7.03. The lowest BCUT2D eigenvalue weighted by atomic mass is 10.1. The quantitative estimate of drug-likeness (QED) is 0.555. The molecule has 0 fully saturated rings. The van der Waals surface area contributed by atoms with Gasteiger partial charge < -0.3 is 4.42 Å². The van der Waals surface area contributed by atoms with E-state index in [0.717, 1.165) is 5.69 Å². The summed E-state index contributed by atoms with van der Waals surface area (Å²) in [7, 11) is 0. The van der Waals surface area contributed by atoms with Gasteiger partial charge >= 0.3 is 0 Å². The third-order valence-corrected chi connectivity index (χ3v) is 3.87. The van der Waals surface area contributed by atoms with Crippen LogP contribution >= 0.6 is 0 Å². The predicted octanol–water partition coefficient (Wildman–Crippen LogP) is 3.10. The van der Waals surface area contributed by atoms with Gasteiger partial charge in [-0.2, -0.15) is 0 Å². The molecule has 128 valence electrons. The maximum absolute atomic E-state index is 13.1. The molecule has 0 unspecified atom stereocenters. The van der Waals surface area contributed by atoms with Crippen molar-refractivity contribution in [2.75, 3.05) is 4.90 Å². The number of hydrogen-bond acceptors (Lipinski definition) is 5. The van der Waals surface area contributed by atoms with Crippen LogP contribution in [0.4, 0.5) is 5.82 Å². The van der Waals surface area contributed by atoms with Crippen molar-refractivity contribution in [3.63, 3.8) is 0 Å². The van der Waals surface area contributed by atoms with Gasteiger partial charge in [0.1, 0.15) is 11.6 Å². The highest BCUT2D eigenvalue weighted by atomic mass is 16.3. The molecule has 0 aliphatic heterocycles. The molecule has 0 N–H and O–H groups in total. The first-order valence-electron chi connectivity index (χ1n) is 8.03. The number of amides is 1. The number of anilines is 1. The maximum atomic E-state index is 13.1. The van der Waals surface area contributed by atoms with Gasteiger partial charge in [-0.05, 0) is 48.5 Å². The van der Waals surface area contributed by atoms with Gasteiger partial charge in [-0.1, -0.05) is 11.3 Å². The topological polar surface area (TPSA) is 77.0 Å². The number of benzene rings is 1. The Kier molecular flexibility index (Phi) is 4.26. The van der Waals surface area contributed by atoms with E-state index in [-0.39, 0.29) is 5.91 Å². The lowest BCUT2D eigenvalue weighted by molar-refractivity contribution is 0.0982. The van der Waals surface area contributed by atoms with E-state index in [2.05, 4.69) is 15.3 Å². The fourth-order valence-electron chi connectivity index (χ4n) is 2.59. The Morgan fingerprint density at radius 3 is 2.58 bits per heavy atom. The Hall–Kier alpha value is -3.74. The number of aromatic nitrogens is 4. The highest BCUT2D eigenvalue weighted by Crippen LogP contribution is 2.19. The number of rotatable bonds is 5. The molecule has 3 heterocycles. The van der Waals surface area contributed by atoms with Crippen LogP contribution in [-0.4, -0.2) is 25.9 Å². The molecule has 7 heteroatoms. The Bertz CT molecular complexity index is 965. The molecular formula is C19H15N5O2. The molecule has 26 heavy (non-hydrogen) atoms. The highest BCUT2D eigenvalue weighted by molar-refractivity contribution is 6.05. The summed E-state index contributed by atoms with van der Waals surface area (Å²) in [6.45, 7) is 0.299. The largest absolute Gasteiger partial charge is 0.467 e.